The fourth-order valence-electron chi connectivity index (χ4n) is 2.72. The molecular weight excluding hydrogens is 406 g/mol. The molecule has 2 heterocycles. The van der Waals surface area contributed by atoms with Crippen LogP contribution in [0.25, 0.3) is 5.76 Å². The second-order valence-corrected chi connectivity index (χ2v) is 7.50. The first kappa shape index (κ1) is 21.5. The Kier molecular flexibility index (Phi) is 7.18. The molecule has 1 aliphatic heterocycles. The third-order valence-electron chi connectivity index (χ3n) is 3.99. The van der Waals surface area contributed by atoms with E-state index in [1.165, 1.54) is 11.9 Å². The summed E-state index contributed by atoms with van der Waals surface area (Å²) in [5, 5.41) is 2.77. The molecule has 0 fully saturated rings. The third-order valence-corrected chi connectivity index (χ3v) is 5.00. The number of ether oxygens (including phenoxy) is 3. The molecule has 1 aromatic heterocycles. The van der Waals surface area contributed by atoms with Gasteiger partial charge in [0.15, 0.2) is 11.5 Å². The molecule has 2 aromatic rings. The van der Waals surface area contributed by atoms with Gasteiger partial charge in [-0.25, -0.2) is 9.78 Å². The second kappa shape index (κ2) is 10.0. The lowest BCUT2D eigenvalue weighted by molar-refractivity contribution is -0.114. The number of rotatable bonds is 7. The summed E-state index contributed by atoms with van der Waals surface area (Å²) in [6.45, 7) is 3.71. The monoisotopic (exact) mass is 429 g/mol. The van der Waals surface area contributed by atoms with Gasteiger partial charge in [0, 0.05) is 30.6 Å². The van der Waals surface area contributed by atoms with Crippen molar-refractivity contribution in [3.05, 3.63) is 59.9 Å². The quantitative estimate of drug-likeness (QED) is 0.397. The molecular formula is C21H23N3O5S. The van der Waals surface area contributed by atoms with E-state index in [9.17, 15) is 9.59 Å². The topological polar surface area (TPSA) is 90.0 Å². The fourth-order valence-corrected chi connectivity index (χ4v) is 3.67. The summed E-state index contributed by atoms with van der Waals surface area (Å²) in [7, 11) is 1.76. The van der Waals surface area contributed by atoms with E-state index in [2.05, 4.69) is 10.3 Å². The van der Waals surface area contributed by atoms with E-state index in [-0.39, 0.29) is 12.3 Å². The molecule has 1 aromatic carbocycles. The Morgan fingerprint density at radius 1 is 1.20 bits per heavy atom. The maximum atomic E-state index is 13.1. The molecule has 8 nitrogen and oxygen atoms in total. The zero-order valence-corrected chi connectivity index (χ0v) is 17.8. The van der Waals surface area contributed by atoms with Gasteiger partial charge < -0.3 is 23.8 Å². The Balaban J connectivity index is 1.89. The number of pyridine rings is 1. The van der Waals surface area contributed by atoms with Crippen LogP contribution in [0.5, 0.6) is 0 Å². The summed E-state index contributed by atoms with van der Waals surface area (Å²) in [6.07, 6.45) is 0.485. The molecule has 0 spiro atoms. The number of nitrogens with zero attached hydrogens (tertiary/aromatic N) is 2. The van der Waals surface area contributed by atoms with Crippen molar-refractivity contribution >= 4 is 35.6 Å². The predicted octanol–water partition coefficient (Wildman–Crippen LogP) is 4.27. The molecule has 1 unspecified atom stereocenters. The van der Waals surface area contributed by atoms with E-state index >= 15 is 0 Å². The van der Waals surface area contributed by atoms with Crippen LogP contribution in [0.3, 0.4) is 0 Å². The summed E-state index contributed by atoms with van der Waals surface area (Å²) in [4.78, 5) is 29.9. The van der Waals surface area contributed by atoms with Crippen LogP contribution in [0.2, 0.25) is 0 Å². The standard InChI is InChI=1S/C21H23N3O5S/c1-4-13-27-21(26)29-14(2)28-19-15-9-5-6-10-16(15)30-24(3)18(19)20(25)23-17-11-7-8-12-22-17/h5-12,14H,4,13H2,1-3H3,(H,22,23,25). The van der Waals surface area contributed by atoms with Crippen LogP contribution < -0.4 is 5.32 Å². The summed E-state index contributed by atoms with van der Waals surface area (Å²) in [6, 6.07) is 12.8. The van der Waals surface area contributed by atoms with E-state index in [1.54, 1.807) is 42.7 Å². The SMILES string of the molecule is CCCOC(=O)OC(C)OC1=C(C(=O)Nc2ccccn2)N(C)Sc2ccccc21. The molecule has 1 amide bonds. The van der Waals surface area contributed by atoms with Crippen LogP contribution in [0.1, 0.15) is 25.8 Å². The number of anilines is 1. The third kappa shape index (κ3) is 5.24. The highest BCUT2D eigenvalue weighted by atomic mass is 32.2. The van der Waals surface area contributed by atoms with Gasteiger partial charge >= 0.3 is 6.16 Å². The van der Waals surface area contributed by atoms with Crippen LogP contribution in [-0.4, -0.2) is 41.3 Å². The molecule has 30 heavy (non-hydrogen) atoms. The van der Waals surface area contributed by atoms with Crippen LogP contribution >= 0.6 is 11.9 Å². The van der Waals surface area contributed by atoms with Gasteiger partial charge in [-0.15, -0.1) is 0 Å². The molecule has 158 valence electrons. The van der Waals surface area contributed by atoms with Gasteiger partial charge in [0.2, 0.25) is 6.29 Å². The Bertz CT molecular complexity index is 935. The summed E-state index contributed by atoms with van der Waals surface area (Å²) < 4.78 is 17.7. The zero-order chi connectivity index (χ0) is 21.5. The lowest BCUT2D eigenvalue weighted by Crippen LogP contribution is -2.30. The molecule has 1 atom stereocenters. The lowest BCUT2D eigenvalue weighted by Gasteiger charge is -2.30. The molecule has 3 rings (SSSR count). The Hall–Kier alpha value is -3.20. The number of likely N-dealkylation sites (N-methyl/N-ethyl adjacent to an activating group) is 1. The fraction of sp³-hybridized carbons (Fsp3) is 0.286. The molecule has 0 aliphatic carbocycles. The number of carbonyl (C=O) groups is 2. The molecule has 0 radical (unpaired) electrons. The number of hydrogen-bond donors (Lipinski definition) is 1. The predicted molar refractivity (Wildman–Crippen MR) is 113 cm³/mol. The van der Waals surface area contributed by atoms with Crippen molar-refractivity contribution in [2.45, 2.75) is 31.5 Å². The van der Waals surface area contributed by atoms with Gasteiger partial charge in [0.25, 0.3) is 5.91 Å². The molecule has 1 N–H and O–H groups in total. The number of aromatic nitrogens is 1. The van der Waals surface area contributed by atoms with Gasteiger partial charge in [0.05, 0.1) is 6.61 Å². The minimum Gasteiger partial charge on any atom is -0.452 e. The van der Waals surface area contributed by atoms with E-state index in [4.69, 9.17) is 14.2 Å². The van der Waals surface area contributed by atoms with Gasteiger partial charge in [-0.05, 0) is 42.6 Å². The van der Waals surface area contributed by atoms with Crippen LogP contribution in [0, 0.1) is 0 Å². The number of carbonyl (C=O) groups excluding carboxylic acids is 2. The van der Waals surface area contributed by atoms with Crippen molar-refractivity contribution in [3.8, 4) is 0 Å². The maximum Gasteiger partial charge on any atom is 0.511 e. The van der Waals surface area contributed by atoms with Crippen molar-refractivity contribution in [2.75, 3.05) is 19.0 Å². The minimum absolute atomic E-state index is 0.258. The summed E-state index contributed by atoms with van der Waals surface area (Å²) in [5.41, 5.74) is 1.01. The van der Waals surface area contributed by atoms with Crippen molar-refractivity contribution < 1.29 is 23.8 Å². The van der Waals surface area contributed by atoms with E-state index in [0.29, 0.717) is 18.0 Å². The van der Waals surface area contributed by atoms with Crippen LogP contribution in [0.15, 0.2) is 59.3 Å². The highest BCUT2D eigenvalue weighted by Gasteiger charge is 2.31. The Morgan fingerprint density at radius 2 is 1.97 bits per heavy atom. The smallest absolute Gasteiger partial charge is 0.452 e. The summed E-state index contributed by atoms with van der Waals surface area (Å²) in [5.74, 6) is 0.323. The van der Waals surface area contributed by atoms with Crippen molar-refractivity contribution in [1.82, 2.24) is 9.29 Å². The van der Waals surface area contributed by atoms with Gasteiger partial charge in [-0.2, -0.15) is 0 Å². The maximum absolute atomic E-state index is 13.1. The lowest BCUT2D eigenvalue weighted by atomic mass is 10.1. The molecule has 0 bridgehead atoms. The van der Waals surface area contributed by atoms with E-state index < -0.39 is 18.4 Å². The Morgan fingerprint density at radius 3 is 2.70 bits per heavy atom. The first-order valence-corrected chi connectivity index (χ1v) is 10.2. The number of nitrogens with one attached hydrogen (secondary N) is 1. The highest BCUT2D eigenvalue weighted by Crippen LogP contribution is 2.41. The first-order valence-electron chi connectivity index (χ1n) is 9.47. The average molecular weight is 429 g/mol. The van der Waals surface area contributed by atoms with Crippen molar-refractivity contribution in [1.29, 1.82) is 0 Å². The number of hydrogen-bond acceptors (Lipinski definition) is 8. The number of benzene rings is 1. The van der Waals surface area contributed by atoms with Crippen LogP contribution in [-0.2, 0) is 19.0 Å². The highest BCUT2D eigenvalue weighted by molar-refractivity contribution is 7.97. The molecule has 1 aliphatic rings. The number of fused-ring (bicyclic) bond motifs is 1. The molecule has 0 saturated heterocycles. The van der Waals surface area contributed by atoms with Crippen molar-refractivity contribution in [3.63, 3.8) is 0 Å². The van der Waals surface area contributed by atoms with Gasteiger partial charge in [-0.3, -0.25) is 4.79 Å². The molecule has 9 heteroatoms. The summed E-state index contributed by atoms with van der Waals surface area (Å²) >= 11 is 1.40. The van der Waals surface area contributed by atoms with Crippen LogP contribution in [0.4, 0.5) is 10.6 Å². The van der Waals surface area contributed by atoms with E-state index in [1.807, 2.05) is 31.2 Å². The normalized spacial score (nSPS) is 13.9. The van der Waals surface area contributed by atoms with Gasteiger partial charge in [0.1, 0.15) is 5.82 Å². The first-order chi connectivity index (χ1) is 14.5. The Labute approximate surface area is 179 Å². The van der Waals surface area contributed by atoms with Crippen molar-refractivity contribution in [2.24, 2.45) is 0 Å². The molecule has 0 saturated carbocycles. The van der Waals surface area contributed by atoms with Gasteiger partial charge in [-0.1, -0.05) is 25.1 Å². The zero-order valence-electron chi connectivity index (χ0n) is 17.0. The van der Waals surface area contributed by atoms with E-state index in [0.717, 1.165) is 10.5 Å². The average Bonchev–Trinajstić information content (AvgIpc) is 2.72. The minimum atomic E-state index is -0.966. The number of amides is 1. The largest absolute Gasteiger partial charge is 0.511 e. The second-order valence-electron chi connectivity index (χ2n) is 6.33.